The van der Waals surface area contributed by atoms with Gasteiger partial charge >= 0.3 is 0 Å². The van der Waals surface area contributed by atoms with Gasteiger partial charge < -0.3 is 5.32 Å². The van der Waals surface area contributed by atoms with Crippen LogP contribution in [0.3, 0.4) is 0 Å². The van der Waals surface area contributed by atoms with Gasteiger partial charge in [-0.15, -0.1) is 11.3 Å². The molecule has 1 amide bonds. The molecule has 7 nitrogen and oxygen atoms in total. The molecule has 0 saturated heterocycles. The number of carbonyl (C=O) groups excluding carboxylic acids is 1. The first kappa shape index (κ1) is 15.1. The maximum Gasteiger partial charge on any atom is 0.261 e. The Kier molecular flexibility index (Phi) is 4.97. The highest BCUT2D eigenvalue weighted by atomic mass is 32.1. The van der Waals surface area contributed by atoms with E-state index < -0.39 is 0 Å². The lowest BCUT2D eigenvalue weighted by atomic mass is 10.4. The lowest BCUT2D eigenvalue weighted by Crippen LogP contribution is -2.27. The predicted molar refractivity (Wildman–Crippen MR) is 81.2 cm³/mol. The maximum absolute atomic E-state index is 12.0. The molecule has 0 spiro atoms. The van der Waals surface area contributed by atoms with E-state index in [0.29, 0.717) is 18.0 Å². The second-order valence-corrected chi connectivity index (χ2v) is 5.73. The second-order valence-electron chi connectivity index (χ2n) is 4.56. The summed E-state index contributed by atoms with van der Waals surface area (Å²) in [6.07, 6.45) is 0. The summed E-state index contributed by atoms with van der Waals surface area (Å²) >= 11 is 1.34. The van der Waals surface area contributed by atoms with Gasteiger partial charge in [-0.05, 0) is 37.6 Å². The van der Waals surface area contributed by atoms with Crippen LogP contribution in [0.5, 0.6) is 0 Å². The molecule has 0 bridgehead atoms. The third-order valence-corrected chi connectivity index (χ3v) is 3.96. The zero-order valence-corrected chi connectivity index (χ0v) is 12.7. The average Bonchev–Trinajstić information content (AvgIpc) is 3.03. The molecule has 0 aromatic carbocycles. The van der Waals surface area contributed by atoms with Crippen LogP contribution < -0.4 is 5.32 Å². The number of azide groups is 1. The fourth-order valence-electron chi connectivity index (χ4n) is 1.95. The quantitative estimate of drug-likeness (QED) is 0.504. The Balaban J connectivity index is 1.85. The molecule has 8 heteroatoms. The Morgan fingerprint density at radius 2 is 2.33 bits per heavy atom. The van der Waals surface area contributed by atoms with Gasteiger partial charge in [-0.3, -0.25) is 9.48 Å². The van der Waals surface area contributed by atoms with Crippen molar-refractivity contribution in [2.45, 2.75) is 26.9 Å². The summed E-state index contributed by atoms with van der Waals surface area (Å²) in [6, 6.07) is 5.55. The van der Waals surface area contributed by atoms with Gasteiger partial charge in [0.15, 0.2) is 0 Å². The Labute approximate surface area is 126 Å². The van der Waals surface area contributed by atoms with Gasteiger partial charge in [0.05, 0.1) is 23.7 Å². The smallest absolute Gasteiger partial charge is 0.261 e. The number of nitrogens with zero attached hydrogens (tertiary/aromatic N) is 5. The number of thiophene rings is 1. The predicted octanol–water partition coefficient (Wildman–Crippen LogP) is 2.80. The van der Waals surface area contributed by atoms with Crippen LogP contribution in [-0.2, 0) is 13.1 Å². The highest BCUT2D eigenvalue weighted by Crippen LogP contribution is 2.17. The molecule has 0 aliphatic rings. The lowest BCUT2D eigenvalue weighted by Gasteiger charge is -2.05. The first-order valence-electron chi connectivity index (χ1n) is 6.49. The normalized spacial score (nSPS) is 10.2. The molecule has 0 unspecified atom stereocenters. The Morgan fingerprint density at radius 1 is 1.52 bits per heavy atom. The number of hydrogen-bond donors (Lipinski definition) is 1. The van der Waals surface area contributed by atoms with E-state index in [0.717, 1.165) is 16.3 Å². The Morgan fingerprint density at radius 3 is 3.00 bits per heavy atom. The van der Waals surface area contributed by atoms with E-state index in [9.17, 15) is 4.79 Å². The summed E-state index contributed by atoms with van der Waals surface area (Å²) in [5, 5.41) is 10.7. The first-order chi connectivity index (χ1) is 10.1. The van der Waals surface area contributed by atoms with Crippen LogP contribution in [0.2, 0.25) is 0 Å². The van der Waals surface area contributed by atoms with Crippen molar-refractivity contribution < 1.29 is 4.79 Å². The van der Waals surface area contributed by atoms with Gasteiger partial charge in [-0.25, -0.2) is 0 Å². The number of aryl methyl sites for hydroxylation is 2. The molecule has 2 aromatic heterocycles. The van der Waals surface area contributed by atoms with Crippen LogP contribution in [0, 0.1) is 13.8 Å². The maximum atomic E-state index is 12.0. The number of carbonyl (C=O) groups is 1. The average molecular weight is 304 g/mol. The van der Waals surface area contributed by atoms with E-state index in [4.69, 9.17) is 5.53 Å². The molecule has 2 rings (SSSR count). The lowest BCUT2D eigenvalue weighted by molar-refractivity contribution is 0.0956. The SMILES string of the molecule is Cc1cc(C)n(CCNC(=O)c2ccc(CN=[N+]=[N-])s2)n1. The van der Waals surface area contributed by atoms with Crippen molar-refractivity contribution in [2.75, 3.05) is 6.54 Å². The van der Waals surface area contributed by atoms with Gasteiger partial charge in [0.1, 0.15) is 0 Å². The van der Waals surface area contributed by atoms with E-state index >= 15 is 0 Å². The summed E-state index contributed by atoms with van der Waals surface area (Å²) in [6.45, 7) is 5.37. The molecule has 110 valence electrons. The minimum atomic E-state index is -0.117. The van der Waals surface area contributed by atoms with Gasteiger partial charge in [-0.1, -0.05) is 5.11 Å². The summed E-state index contributed by atoms with van der Waals surface area (Å²) < 4.78 is 1.87. The Hall–Kier alpha value is -2.31. The van der Waals surface area contributed by atoms with Crippen LogP contribution in [-0.4, -0.2) is 22.2 Å². The third-order valence-electron chi connectivity index (χ3n) is 2.89. The molecular weight excluding hydrogens is 288 g/mol. The van der Waals surface area contributed by atoms with E-state index in [1.54, 1.807) is 12.1 Å². The number of nitrogens with one attached hydrogen (secondary N) is 1. The minimum Gasteiger partial charge on any atom is -0.349 e. The number of aromatic nitrogens is 2. The zero-order chi connectivity index (χ0) is 15.2. The molecular formula is C13H16N6OS. The number of amides is 1. The molecule has 0 aliphatic carbocycles. The Bertz CT molecular complexity index is 683. The largest absolute Gasteiger partial charge is 0.349 e. The van der Waals surface area contributed by atoms with Crippen molar-refractivity contribution in [3.05, 3.63) is 49.8 Å². The van der Waals surface area contributed by atoms with Crippen molar-refractivity contribution >= 4 is 17.2 Å². The van der Waals surface area contributed by atoms with E-state index in [1.807, 2.05) is 24.6 Å². The molecule has 0 saturated carbocycles. The van der Waals surface area contributed by atoms with Crippen LogP contribution in [0.25, 0.3) is 10.4 Å². The molecule has 2 aromatic rings. The van der Waals surface area contributed by atoms with Crippen LogP contribution in [0.1, 0.15) is 25.9 Å². The van der Waals surface area contributed by atoms with Gasteiger partial charge in [0, 0.05) is 22.0 Å². The first-order valence-corrected chi connectivity index (χ1v) is 7.30. The van der Waals surface area contributed by atoms with Gasteiger partial charge in [-0.2, -0.15) is 5.10 Å². The van der Waals surface area contributed by atoms with Crippen molar-refractivity contribution in [3.8, 4) is 0 Å². The number of rotatable bonds is 6. The second kappa shape index (κ2) is 6.92. The van der Waals surface area contributed by atoms with Crippen molar-refractivity contribution in [3.63, 3.8) is 0 Å². The molecule has 1 N–H and O–H groups in total. The van der Waals surface area contributed by atoms with E-state index in [1.165, 1.54) is 11.3 Å². The van der Waals surface area contributed by atoms with Gasteiger partial charge in [0.25, 0.3) is 5.91 Å². The van der Waals surface area contributed by atoms with Crippen molar-refractivity contribution in [2.24, 2.45) is 5.11 Å². The molecule has 0 fully saturated rings. The molecule has 0 atom stereocenters. The zero-order valence-electron chi connectivity index (χ0n) is 11.9. The van der Waals surface area contributed by atoms with Crippen LogP contribution in [0.4, 0.5) is 0 Å². The monoisotopic (exact) mass is 304 g/mol. The van der Waals surface area contributed by atoms with Gasteiger partial charge in [0.2, 0.25) is 0 Å². The minimum absolute atomic E-state index is 0.117. The highest BCUT2D eigenvalue weighted by Gasteiger charge is 2.09. The summed E-state index contributed by atoms with van der Waals surface area (Å²) in [7, 11) is 0. The molecule has 2 heterocycles. The van der Waals surface area contributed by atoms with E-state index in [-0.39, 0.29) is 12.5 Å². The summed E-state index contributed by atoms with van der Waals surface area (Å²) in [5.41, 5.74) is 10.3. The van der Waals surface area contributed by atoms with Crippen LogP contribution in [0.15, 0.2) is 23.3 Å². The van der Waals surface area contributed by atoms with Crippen LogP contribution >= 0.6 is 11.3 Å². The summed E-state index contributed by atoms with van der Waals surface area (Å²) in [4.78, 5) is 16.2. The molecule has 0 radical (unpaired) electrons. The standard InChI is InChI=1S/C13H16N6OS/c1-9-7-10(2)19(17-9)6-5-15-13(20)12-4-3-11(21-12)8-16-18-14/h3-4,7H,5-6,8H2,1-2H3,(H,15,20). The van der Waals surface area contributed by atoms with E-state index in [2.05, 4.69) is 20.4 Å². The molecule has 21 heavy (non-hydrogen) atoms. The van der Waals surface area contributed by atoms with Crippen molar-refractivity contribution in [1.29, 1.82) is 0 Å². The fraction of sp³-hybridized carbons (Fsp3) is 0.385. The molecule has 0 aliphatic heterocycles. The highest BCUT2D eigenvalue weighted by molar-refractivity contribution is 7.14. The van der Waals surface area contributed by atoms with Crippen molar-refractivity contribution in [1.82, 2.24) is 15.1 Å². The summed E-state index contributed by atoms with van der Waals surface area (Å²) in [5.74, 6) is -0.117. The topological polar surface area (TPSA) is 95.7 Å². The number of hydrogen-bond acceptors (Lipinski definition) is 4. The third kappa shape index (κ3) is 4.08. The fourth-order valence-corrected chi connectivity index (χ4v) is 2.79.